The molecule has 0 aromatic heterocycles. The molecule has 0 saturated heterocycles. The van der Waals surface area contributed by atoms with Crippen LogP contribution in [-0.2, 0) is 4.65 Å². The Morgan fingerprint density at radius 2 is 1.89 bits per heavy atom. The Morgan fingerprint density at radius 3 is 2.22 bits per heavy atom. The van der Waals surface area contributed by atoms with Crippen LogP contribution in [0.4, 0.5) is 0 Å². The first kappa shape index (κ1) is 9.37. The van der Waals surface area contributed by atoms with Crippen LogP contribution in [0.5, 0.6) is 0 Å². The first-order chi connectivity index (χ1) is 4.35. The summed E-state index contributed by atoms with van der Waals surface area (Å²) in [4.78, 5) is 0. The van der Waals surface area contributed by atoms with Crippen LogP contribution in [0.15, 0.2) is 0 Å². The molecule has 0 fully saturated rings. The molecular formula is C6H15BOS. The lowest BCUT2D eigenvalue weighted by Crippen LogP contribution is -2.16. The third kappa shape index (κ3) is 4.85. The van der Waals surface area contributed by atoms with Gasteiger partial charge in [0, 0.05) is 12.4 Å². The van der Waals surface area contributed by atoms with E-state index in [1.807, 2.05) is 0 Å². The molecule has 0 heterocycles. The Hall–Kier alpha value is 0.375. The van der Waals surface area contributed by atoms with Gasteiger partial charge in [0.05, 0.1) is 0 Å². The minimum atomic E-state index is 0.456. The lowest BCUT2D eigenvalue weighted by atomic mass is 9.63. The van der Waals surface area contributed by atoms with E-state index in [0.29, 0.717) is 6.92 Å². The molecule has 0 saturated carbocycles. The van der Waals surface area contributed by atoms with Gasteiger partial charge >= 0.3 is 0 Å². The van der Waals surface area contributed by atoms with Crippen LogP contribution in [0.3, 0.4) is 0 Å². The number of hydrogen-bond acceptors (Lipinski definition) is 2. The van der Waals surface area contributed by atoms with Gasteiger partial charge in [-0.2, -0.15) is 12.6 Å². The molecule has 0 atom stereocenters. The monoisotopic (exact) mass is 146 g/mol. The molecule has 0 bridgehead atoms. The van der Waals surface area contributed by atoms with Crippen molar-refractivity contribution in [3.8, 4) is 0 Å². The van der Waals surface area contributed by atoms with Crippen molar-refractivity contribution in [2.24, 2.45) is 0 Å². The summed E-state index contributed by atoms with van der Waals surface area (Å²) in [6.45, 7) is 5.53. The molecule has 0 aliphatic carbocycles. The second kappa shape index (κ2) is 6.49. The minimum absolute atomic E-state index is 0.456. The fourth-order valence-corrected chi connectivity index (χ4v) is 0.849. The van der Waals surface area contributed by atoms with Crippen molar-refractivity contribution in [2.75, 3.05) is 12.4 Å². The van der Waals surface area contributed by atoms with Gasteiger partial charge in [-0.25, -0.2) is 0 Å². The van der Waals surface area contributed by atoms with Gasteiger partial charge in [-0.1, -0.05) is 26.5 Å². The molecule has 1 nitrogen and oxygen atoms in total. The lowest BCUT2D eigenvalue weighted by Gasteiger charge is -2.07. The normalized spacial score (nSPS) is 9.67. The average molecular weight is 146 g/mol. The van der Waals surface area contributed by atoms with Crippen molar-refractivity contribution >= 4 is 19.5 Å². The van der Waals surface area contributed by atoms with Gasteiger partial charge in [-0.05, 0) is 0 Å². The van der Waals surface area contributed by atoms with Gasteiger partial charge in [-0.3, -0.25) is 0 Å². The first-order valence-electron chi connectivity index (χ1n) is 3.57. The molecule has 0 radical (unpaired) electrons. The predicted octanol–water partition coefficient (Wildman–Crippen LogP) is 1.96. The van der Waals surface area contributed by atoms with Crippen LogP contribution < -0.4 is 0 Å². The standard InChI is InChI=1S/C6H15BOS/c1-3-7(4-2)8-5-6-9/h9H,3-6H2,1-2H3. The second-order valence-electron chi connectivity index (χ2n) is 2.03. The molecule has 0 aromatic rings. The van der Waals surface area contributed by atoms with Crippen LogP contribution in [0.25, 0.3) is 0 Å². The lowest BCUT2D eigenvalue weighted by molar-refractivity contribution is 0.347. The third-order valence-corrected chi connectivity index (χ3v) is 1.54. The van der Waals surface area contributed by atoms with E-state index in [4.69, 9.17) is 4.65 Å². The molecule has 9 heavy (non-hydrogen) atoms. The zero-order valence-electron chi connectivity index (χ0n) is 6.26. The molecule has 0 aromatic carbocycles. The smallest absolute Gasteiger partial charge is 0.292 e. The molecule has 0 spiro atoms. The van der Waals surface area contributed by atoms with Crippen LogP contribution in [-0.4, -0.2) is 19.3 Å². The second-order valence-corrected chi connectivity index (χ2v) is 2.48. The highest BCUT2D eigenvalue weighted by atomic mass is 32.1. The molecule has 0 amide bonds. The van der Waals surface area contributed by atoms with E-state index in [-0.39, 0.29) is 0 Å². The first-order valence-corrected chi connectivity index (χ1v) is 4.20. The Bertz CT molecular complexity index is 57.0. The van der Waals surface area contributed by atoms with Crippen molar-refractivity contribution in [2.45, 2.75) is 26.5 Å². The molecular weight excluding hydrogens is 131 g/mol. The van der Waals surface area contributed by atoms with Crippen molar-refractivity contribution in [3.63, 3.8) is 0 Å². The van der Waals surface area contributed by atoms with E-state index in [0.717, 1.165) is 25.0 Å². The van der Waals surface area contributed by atoms with Gasteiger partial charge in [0.1, 0.15) is 0 Å². The number of thiol groups is 1. The SMILES string of the molecule is CCB(CC)OCCS. The molecule has 0 unspecified atom stereocenters. The van der Waals surface area contributed by atoms with Crippen molar-refractivity contribution < 1.29 is 4.65 Å². The van der Waals surface area contributed by atoms with E-state index in [2.05, 4.69) is 26.5 Å². The fourth-order valence-electron chi connectivity index (χ4n) is 0.744. The average Bonchev–Trinajstić information content (AvgIpc) is 1.91. The zero-order valence-corrected chi connectivity index (χ0v) is 7.16. The summed E-state index contributed by atoms with van der Waals surface area (Å²) in [6.07, 6.45) is 2.23. The van der Waals surface area contributed by atoms with Gasteiger partial charge < -0.3 is 4.65 Å². The van der Waals surface area contributed by atoms with Crippen molar-refractivity contribution in [1.29, 1.82) is 0 Å². The largest absolute Gasteiger partial charge is 0.435 e. The zero-order chi connectivity index (χ0) is 7.11. The van der Waals surface area contributed by atoms with Crippen LogP contribution in [0.2, 0.25) is 12.6 Å². The predicted molar refractivity (Wildman–Crippen MR) is 46.5 cm³/mol. The summed E-state index contributed by atoms with van der Waals surface area (Å²) in [5, 5.41) is 0. The van der Waals surface area contributed by atoms with Crippen LogP contribution in [0.1, 0.15) is 13.8 Å². The highest BCUT2D eigenvalue weighted by Crippen LogP contribution is 1.99. The van der Waals surface area contributed by atoms with Gasteiger partial charge in [0.15, 0.2) is 0 Å². The van der Waals surface area contributed by atoms with Gasteiger partial charge in [0.2, 0.25) is 0 Å². The number of hydrogen-bond donors (Lipinski definition) is 1. The number of rotatable bonds is 5. The highest BCUT2D eigenvalue weighted by Gasteiger charge is 2.07. The van der Waals surface area contributed by atoms with Crippen LogP contribution >= 0.6 is 12.6 Å². The van der Waals surface area contributed by atoms with E-state index < -0.39 is 0 Å². The van der Waals surface area contributed by atoms with E-state index in [1.165, 1.54) is 0 Å². The maximum absolute atomic E-state index is 5.41. The molecule has 54 valence electrons. The fraction of sp³-hybridized carbons (Fsp3) is 1.00. The van der Waals surface area contributed by atoms with E-state index in [9.17, 15) is 0 Å². The Kier molecular flexibility index (Phi) is 6.76. The summed E-state index contributed by atoms with van der Waals surface area (Å²) in [7, 11) is 0. The van der Waals surface area contributed by atoms with Gasteiger partial charge in [-0.15, -0.1) is 0 Å². The molecule has 0 rings (SSSR count). The Balaban J connectivity index is 3.09. The summed E-state index contributed by atoms with van der Waals surface area (Å²) in [5.74, 6) is 0.830. The summed E-state index contributed by atoms with van der Waals surface area (Å²) in [6, 6.07) is 0. The van der Waals surface area contributed by atoms with Crippen molar-refractivity contribution in [1.82, 2.24) is 0 Å². The highest BCUT2D eigenvalue weighted by molar-refractivity contribution is 7.80. The maximum Gasteiger partial charge on any atom is 0.292 e. The Labute approximate surface area is 63.7 Å². The van der Waals surface area contributed by atoms with Crippen LogP contribution in [0, 0.1) is 0 Å². The van der Waals surface area contributed by atoms with Crippen molar-refractivity contribution in [3.05, 3.63) is 0 Å². The van der Waals surface area contributed by atoms with E-state index in [1.54, 1.807) is 0 Å². The topological polar surface area (TPSA) is 9.23 Å². The molecule has 0 aliphatic heterocycles. The quantitative estimate of drug-likeness (QED) is 0.460. The van der Waals surface area contributed by atoms with Gasteiger partial charge in [0.25, 0.3) is 6.92 Å². The summed E-state index contributed by atoms with van der Waals surface area (Å²) < 4.78 is 5.41. The molecule has 3 heteroatoms. The molecule has 0 N–H and O–H groups in total. The Morgan fingerprint density at radius 1 is 1.33 bits per heavy atom. The summed E-state index contributed by atoms with van der Waals surface area (Å²) in [5.41, 5.74) is 0. The van der Waals surface area contributed by atoms with E-state index >= 15 is 0 Å². The maximum atomic E-state index is 5.41. The summed E-state index contributed by atoms with van der Waals surface area (Å²) >= 11 is 4.05. The minimum Gasteiger partial charge on any atom is -0.435 e. The third-order valence-electron chi connectivity index (χ3n) is 1.36. The molecule has 0 aliphatic rings.